The molecule has 0 rings (SSSR count). The van der Waals surface area contributed by atoms with Gasteiger partial charge in [-0.1, -0.05) is 0 Å². The first kappa shape index (κ1) is 5.88. The molecule has 0 aromatic carbocycles. The third-order valence-electron chi connectivity index (χ3n) is 0.364. The number of hydroxylamine groups is 1. The highest BCUT2D eigenvalue weighted by Gasteiger charge is 1.71. The molecule has 0 amide bonds. The van der Waals surface area contributed by atoms with E-state index in [9.17, 15) is 0 Å². The van der Waals surface area contributed by atoms with Crippen molar-refractivity contribution in [1.29, 1.82) is 0 Å². The maximum absolute atomic E-state index is 5.05. The monoisotopic (exact) mass is 90.1 g/mol. The van der Waals surface area contributed by atoms with Crippen molar-refractivity contribution in [2.75, 3.05) is 20.2 Å². The molecule has 0 aliphatic heterocycles. The van der Waals surface area contributed by atoms with Crippen LogP contribution in [0.2, 0.25) is 0 Å². The van der Waals surface area contributed by atoms with Gasteiger partial charge in [-0.15, -0.1) is 0 Å². The van der Waals surface area contributed by atoms with Crippen LogP contribution in [0.4, 0.5) is 0 Å². The zero-order chi connectivity index (χ0) is 4.83. The predicted molar refractivity (Wildman–Crippen MR) is 24.1 cm³/mol. The average Bonchev–Trinajstić information content (AvgIpc) is 1.61. The molecule has 0 spiro atoms. The Kier molecular flexibility index (Phi) is 4.78. The van der Waals surface area contributed by atoms with E-state index < -0.39 is 0 Å². The fourth-order valence-corrected chi connectivity index (χ4v) is 0.161. The van der Waals surface area contributed by atoms with Crippen molar-refractivity contribution >= 4 is 0 Å². The Morgan fingerprint density at radius 2 is 2.50 bits per heavy atom. The van der Waals surface area contributed by atoms with E-state index in [0.717, 1.165) is 0 Å². The van der Waals surface area contributed by atoms with Gasteiger partial charge in [0.25, 0.3) is 0 Å². The lowest BCUT2D eigenvalue weighted by Gasteiger charge is -1.93. The summed E-state index contributed by atoms with van der Waals surface area (Å²) in [4.78, 5) is 4.61. The van der Waals surface area contributed by atoms with Gasteiger partial charge in [-0.05, 0) is 0 Å². The third kappa shape index (κ3) is 3.88. The van der Waals surface area contributed by atoms with Gasteiger partial charge in [0.1, 0.15) is 0 Å². The van der Waals surface area contributed by atoms with Crippen molar-refractivity contribution < 1.29 is 4.84 Å². The lowest BCUT2D eigenvalue weighted by molar-refractivity contribution is 0.0641. The molecule has 38 valence electrons. The van der Waals surface area contributed by atoms with E-state index in [0.29, 0.717) is 13.2 Å². The Balaban J connectivity index is 2.34. The molecule has 0 fully saturated rings. The van der Waals surface area contributed by atoms with E-state index >= 15 is 0 Å². The number of hydrogen-bond acceptors (Lipinski definition) is 3. The van der Waals surface area contributed by atoms with Crippen LogP contribution in [0.1, 0.15) is 0 Å². The predicted octanol–water partition coefficient (Wildman–Crippen LogP) is -0.904. The Bertz CT molecular complexity index is 20.8. The Morgan fingerprint density at radius 3 is 2.67 bits per heavy atom. The molecule has 0 bridgehead atoms. The van der Waals surface area contributed by atoms with Crippen LogP contribution in [0.3, 0.4) is 0 Å². The van der Waals surface area contributed by atoms with E-state index in [1.54, 1.807) is 7.05 Å². The van der Waals surface area contributed by atoms with Crippen molar-refractivity contribution in [3.8, 4) is 0 Å². The number of rotatable bonds is 3. The van der Waals surface area contributed by atoms with Gasteiger partial charge in [-0.3, -0.25) is 0 Å². The van der Waals surface area contributed by atoms with Gasteiger partial charge in [-0.25, -0.2) is 5.48 Å². The molecule has 0 aliphatic rings. The first-order valence-electron chi connectivity index (χ1n) is 1.90. The highest BCUT2D eigenvalue weighted by molar-refractivity contribution is 4.22. The Labute approximate surface area is 37.4 Å². The van der Waals surface area contributed by atoms with Crippen LogP contribution in [0, 0.1) is 0 Å². The van der Waals surface area contributed by atoms with Crippen molar-refractivity contribution in [3.05, 3.63) is 0 Å². The van der Waals surface area contributed by atoms with Crippen LogP contribution >= 0.6 is 0 Å². The largest absolute Gasteiger partial charge is 0.328 e. The topological polar surface area (TPSA) is 47.3 Å². The summed E-state index contributed by atoms with van der Waals surface area (Å²) in [6.07, 6.45) is 0. The third-order valence-corrected chi connectivity index (χ3v) is 0.364. The van der Waals surface area contributed by atoms with Crippen molar-refractivity contribution in [2.45, 2.75) is 0 Å². The molecule has 3 nitrogen and oxygen atoms in total. The molecule has 3 N–H and O–H groups in total. The van der Waals surface area contributed by atoms with Gasteiger partial charge in [0.15, 0.2) is 0 Å². The highest BCUT2D eigenvalue weighted by atomic mass is 16.6. The summed E-state index contributed by atoms with van der Waals surface area (Å²) in [5, 5.41) is 0. The molecule has 3 heteroatoms. The second kappa shape index (κ2) is 4.88. The summed E-state index contributed by atoms with van der Waals surface area (Å²) < 4.78 is 0. The quantitative estimate of drug-likeness (QED) is 0.348. The first-order valence-corrected chi connectivity index (χ1v) is 1.90. The zero-order valence-corrected chi connectivity index (χ0v) is 3.90. The second-order valence-electron chi connectivity index (χ2n) is 0.841. The second-order valence-corrected chi connectivity index (χ2v) is 0.841. The summed E-state index contributed by atoms with van der Waals surface area (Å²) in [6.45, 7) is 1.15. The average molecular weight is 90.1 g/mol. The maximum atomic E-state index is 5.05. The van der Waals surface area contributed by atoms with Crippen LogP contribution in [-0.2, 0) is 4.84 Å². The summed E-state index contributed by atoms with van der Waals surface area (Å²) >= 11 is 0. The van der Waals surface area contributed by atoms with Crippen LogP contribution in [-0.4, -0.2) is 20.2 Å². The molecule has 6 heavy (non-hydrogen) atoms. The van der Waals surface area contributed by atoms with Gasteiger partial charge in [-0.2, -0.15) is 0 Å². The lowest BCUT2D eigenvalue weighted by Crippen LogP contribution is -2.15. The molecular weight excluding hydrogens is 80.0 g/mol. The normalized spacial score (nSPS) is 9.00. The summed E-state index contributed by atoms with van der Waals surface area (Å²) in [7, 11) is 1.70. The summed E-state index contributed by atoms with van der Waals surface area (Å²) in [6, 6.07) is 0. The zero-order valence-electron chi connectivity index (χ0n) is 3.90. The Hall–Kier alpha value is -0.120. The molecule has 0 saturated carbocycles. The van der Waals surface area contributed by atoms with E-state index in [2.05, 4.69) is 10.3 Å². The Morgan fingerprint density at radius 1 is 1.83 bits per heavy atom. The summed E-state index contributed by atoms with van der Waals surface area (Å²) in [5.41, 5.74) is 7.54. The van der Waals surface area contributed by atoms with Crippen LogP contribution in [0.5, 0.6) is 0 Å². The number of hydrogen-bond donors (Lipinski definition) is 2. The maximum Gasteiger partial charge on any atom is 0.0804 e. The highest BCUT2D eigenvalue weighted by Crippen LogP contribution is 1.54. The first-order chi connectivity index (χ1) is 2.91. The van der Waals surface area contributed by atoms with Gasteiger partial charge in [0.2, 0.25) is 0 Å². The molecule has 0 aromatic heterocycles. The number of nitrogens with two attached hydrogens (primary N) is 1. The van der Waals surface area contributed by atoms with Crippen molar-refractivity contribution in [1.82, 2.24) is 5.48 Å². The van der Waals surface area contributed by atoms with E-state index in [-0.39, 0.29) is 0 Å². The van der Waals surface area contributed by atoms with Crippen LogP contribution < -0.4 is 11.2 Å². The fourth-order valence-electron chi connectivity index (χ4n) is 0.161. The molecular formula is C3H10N2O. The molecule has 0 heterocycles. The molecule has 0 saturated heterocycles. The van der Waals surface area contributed by atoms with Gasteiger partial charge >= 0.3 is 0 Å². The van der Waals surface area contributed by atoms with Gasteiger partial charge < -0.3 is 10.6 Å². The molecule has 0 aliphatic carbocycles. The number of nitrogens with one attached hydrogen (secondary N) is 1. The molecule has 0 atom stereocenters. The smallest absolute Gasteiger partial charge is 0.0804 e. The minimum absolute atomic E-state index is 0.570. The minimum atomic E-state index is 0.570. The summed E-state index contributed by atoms with van der Waals surface area (Å²) in [5.74, 6) is 0. The van der Waals surface area contributed by atoms with Crippen molar-refractivity contribution in [2.24, 2.45) is 5.73 Å². The van der Waals surface area contributed by atoms with Gasteiger partial charge in [0.05, 0.1) is 6.61 Å². The SMILES string of the molecule is CNOCCN. The molecule has 0 radical (unpaired) electrons. The lowest BCUT2D eigenvalue weighted by atomic mass is 10.8. The van der Waals surface area contributed by atoms with Crippen molar-refractivity contribution in [3.63, 3.8) is 0 Å². The van der Waals surface area contributed by atoms with Crippen LogP contribution in [0.15, 0.2) is 0 Å². The van der Waals surface area contributed by atoms with E-state index in [1.165, 1.54) is 0 Å². The minimum Gasteiger partial charge on any atom is -0.328 e. The van der Waals surface area contributed by atoms with E-state index in [4.69, 9.17) is 5.73 Å². The molecule has 0 unspecified atom stereocenters. The standard InChI is InChI=1S/C3H10N2O/c1-5-6-3-2-4/h5H,2-4H2,1H3. The molecule has 0 aromatic rings. The van der Waals surface area contributed by atoms with Crippen LogP contribution in [0.25, 0.3) is 0 Å². The fraction of sp³-hybridized carbons (Fsp3) is 1.00. The van der Waals surface area contributed by atoms with E-state index in [1.807, 2.05) is 0 Å². The van der Waals surface area contributed by atoms with Gasteiger partial charge in [0, 0.05) is 13.6 Å².